The van der Waals surface area contributed by atoms with E-state index in [2.05, 4.69) is 28.7 Å². The number of nitriles is 1. The van der Waals surface area contributed by atoms with Gasteiger partial charge in [-0.2, -0.15) is 5.26 Å². The van der Waals surface area contributed by atoms with Gasteiger partial charge in [-0.25, -0.2) is 0 Å². The number of nitrogens with two attached hydrogens (primary N) is 1. The Balaban J connectivity index is 3.19. The van der Waals surface area contributed by atoms with Crippen molar-refractivity contribution in [1.29, 1.82) is 5.26 Å². The highest BCUT2D eigenvalue weighted by atomic mass is 127. The van der Waals surface area contributed by atoms with Gasteiger partial charge in [0, 0.05) is 10.1 Å². The number of rotatable bonds is 1. The third kappa shape index (κ3) is 1.91. The van der Waals surface area contributed by atoms with Crippen molar-refractivity contribution in [1.82, 2.24) is 0 Å². The smallest absolute Gasteiger partial charge is 0.0995 e. The first-order valence-corrected chi connectivity index (χ1v) is 4.24. The minimum absolute atomic E-state index is 0.430. The lowest BCUT2D eigenvalue weighted by Crippen LogP contribution is -1.99. The lowest BCUT2D eigenvalue weighted by Gasteiger charge is -1.99. The van der Waals surface area contributed by atoms with Crippen LogP contribution in [-0.4, -0.2) is 0 Å². The summed E-state index contributed by atoms with van der Waals surface area (Å²) in [5.74, 6) is 0. The fourth-order valence-electron chi connectivity index (χ4n) is 0.831. The van der Waals surface area contributed by atoms with Crippen LogP contribution in [0, 0.1) is 14.9 Å². The molecule has 56 valence electrons. The number of benzene rings is 1. The summed E-state index contributed by atoms with van der Waals surface area (Å²) >= 11 is 2.17. The second kappa shape index (κ2) is 3.69. The molecule has 1 aromatic carbocycles. The van der Waals surface area contributed by atoms with Gasteiger partial charge in [-0.05, 0) is 40.3 Å². The topological polar surface area (TPSA) is 49.8 Å². The van der Waals surface area contributed by atoms with E-state index in [1.54, 1.807) is 0 Å². The molecule has 1 aromatic rings. The van der Waals surface area contributed by atoms with Crippen LogP contribution >= 0.6 is 22.6 Å². The minimum atomic E-state index is 0.430. The molecule has 0 aliphatic carbocycles. The second-order valence-electron chi connectivity index (χ2n) is 2.12. The van der Waals surface area contributed by atoms with Crippen molar-refractivity contribution >= 4 is 22.6 Å². The zero-order valence-electron chi connectivity index (χ0n) is 5.84. The first-order valence-electron chi connectivity index (χ1n) is 3.16. The van der Waals surface area contributed by atoms with Crippen LogP contribution in [0.25, 0.3) is 0 Å². The van der Waals surface area contributed by atoms with Gasteiger partial charge in [-0.3, -0.25) is 0 Å². The molecule has 0 atom stereocenters. The normalized spacial score (nSPS) is 9.18. The van der Waals surface area contributed by atoms with Crippen LogP contribution < -0.4 is 5.73 Å². The zero-order chi connectivity index (χ0) is 8.27. The van der Waals surface area contributed by atoms with E-state index < -0.39 is 0 Å². The van der Waals surface area contributed by atoms with E-state index in [0.717, 1.165) is 9.13 Å². The maximum Gasteiger partial charge on any atom is 0.0995 e. The second-order valence-corrected chi connectivity index (χ2v) is 3.36. The van der Waals surface area contributed by atoms with E-state index in [1.165, 1.54) is 0 Å². The van der Waals surface area contributed by atoms with Crippen LogP contribution in [0.1, 0.15) is 11.1 Å². The van der Waals surface area contributed by atoms with Gasteiger partial charge in [0.2, 0.25) is 0 Å². The van der Waals surface area contributed by atoms with Crippen molar-refractivity contribution in [2.45, 2.75) is 6.54 Å². The summed E-state index contributed by atoms with van der Waals surface area (Å²) < 4.78 is 1.07. The van der Waals surface area contributed by atoms with Gasteiger partial charge in [0.1, 0.15) is 0 Å². The van der Waals surface area contributed by atoms with Crippen molar-refractivity contribution in [3.05, 3.63) is 32.9 Å². The highest BCUT2D eigenvalue weighted by Gasteiger charge is 1.98. The Bertz CT molecular complexity index is 301. The van der Waals surface area contributed by atoms with Crippen LogP contribution in [-0.2, 0) is 6.54 Å². The van der Waals surface area contributed by atoms with Crippen molar-refractivity contribution in [2.24, 2.45) is 5.73 Å². The lowest BCUT2D eigenvalue weighted by molar-refractivity contribution is 1.06. The first-order chi connectivity index (χ1) is 5.27. The Labute approximate surface area is 79.2 Å². The van der Waals surface area contributed by atoms with Gasteiger partial charge >= 0.3 is 0 Å². The van der Waals surface area contributed by atoms with E-state index in [0.29, 0.717) is 12.1 Å². The third-order valence-corrected chi connectivity index (χ3v) is 2.08. The Morgan fingerprint density at radius 1 is 1.55 bits per heavy atom. The summed E-state index contributed by atoms with van der Waals surface area (Å²) in [5.41, 5.74) is 7.01. The third-order valence-electron chi connectivity index (χ3n) is 1.41. The highest BCUT2D eigenvalue weighted by Crippen LogP contribution is 2.11. The van der Waals surface area contributed by atoms with E-state index in [1.807, 2.05) is 18.2 Å². The van der Waals surface area contributed by atoms with Gasteiger partial charge in [-0.1, -0.05) is 6.07 Å². The molecule has 0 bridgehead atoms. The molecule has 0 saturated carbocycles. The Morgan fingerprint density at radius 3 is 2.82 bits per heavy atom. The first kappa shape index (κ1) is 8.50. The molecule has 3 heteroatoms. The van der Waals surface area contributed by atoms with Gasteiger partial charge in [-0.15, -0.1) is 0 Å². The lowest BCUT2D eigenvalue weighted by atomic mass is 10.1. The van der Waals surface area contributed by atoms with Crippen LogP contribution in [0.15, 0.2) is 18.2 Å². The molecule has 11 heavy (non-hydrogen) atoms. The monoisotopic (exact) mass is 258 g/mol. The predicted molar refractivity (Wildman–Crippen MR) is 51.8 cm³/mol. The zero-order valence-corrected chi connectivity index (χ0v) is 8.00. The molecule has 0 amide bonds. The molecule has 0 unspecified atom stereocenters. The number of nitrogens with zero attached hydrogens (tertiary/aromatic N) is 1. The molecule has 0 aromatic heterocycles. The molecule has 0 fully saturated rings. The van der Waals surface area contributed by atoms with E-state index in [9.17, 15) is 0 Å². The predicted octanol–water partition coefficient (Wildman–Crippen LogP) is 1.62. The van der Waals surface area contributed by atoms with Gasteiger partial charge in [0.05, 0.1) is 11.6 Å². The van der Waals surface area contributed by atoms with Crippen molar-refractivity contribution in [3.8, 4) is 6.07 Å². The molecule has 0 aliphatic heterocycles. The summed E-state index contributed by atoms with van der Waals surface area (Å²) in [6.07, 6.45) is 0. The molecule has 0 heterocycles. The Kier molecular flexibility index (Phi) is 2.85. The molecule has 0 aliphatic rings. The number of hydrogen-bond acceptors (Lipinski definition) is 2. The molecule has 0 saturated heterocycles. The summed E-state index contributed by atoms with van der Waals surface area (Å²) in [7, 11) is 0. The van der Waals surface area contributed by atoms with Gasteiger partial charge < -0.3 is 5.73 Å². The van der Waals surface area contributed by atoms with Crippen LogP contribution in [0.4, 0.5) is 0 Å². The van der Waals surface area contributed by atoms with Gasteiger partial charge in [0.25, 0.3) is 0 Å². The van der Waals surface area contributed by atoms with Crippen molar-refractivity contribution < 1.29 is 0 Å². The molecular formula is C8H7IN2. The Hall–Kier alpha value is -0.600. The summed E-state index contributed by atoms with van der Waals surface area (Å²) in [6.45, 7) is 0.430. The summed E-state index contributed by atoms with van der Waals surface area (Å²) in [4.78, 5) is 0. The SMILES string of the molecule is N#Cc1cc(I)ccc1CN. The molecule has 1 rings (SSSR count). The molecule has 0 spiro atoms. The fraction of sp³-hybridized carbons (Fsp3) is 0.125. The highest BCUT2D eigenvalue weighted by molar-refractivity contribution is 14.1. The molecule has 2 nitrogen and oxygen atoms in total. The maximum absolute atomic E-state index is 8.67. The fourth-order valence-corrected chi connectivity index (χ4v) is 1.32. The average Bonchev–Trinajstić information content (AvgIpc) is 2.04. The number of hydrogen-bond donors (Lipinski definition) is 1. The molecule has 2 N–H and O–H groups in total. The molecular weight excluding hydrogens is 251 g/mol. The van der Waals surface area contributed by atoms with Crippen LogP contribution in [0.3, 0.4) is 0 Å². The number of halogens is 1. The van der Waals surface area contributed by atoms with Crippen molar-refractivity contribution in [3.63, 3.8) is 0 Å². The quantitative estimate of drug-likeness (QED) is 0.778. The maximum atomic E-state index is 8.67. The largest absolute Gasteiger partial charge is 0.326 e. The Morgan fingerprint density at radius 2 is 2.27 bits per heavy atom. The minimum Gasteiger partial charge on any atom is -0.326 e. The average molecular weight is 258 g/mol. The van der Waals surface area contributed by atoms with E-state index in [4.69, 9.17) is 11.0 Å². The van der Waals surface area contributed by atoms with E-state index >= 15 is 0 Å². The standard InChI is InChI=1S/C8H7IN2/c9-8-2-1-6(4-10)7(3-8)5-11/h1-3H,4,10H2. The van der Waals surface area contributed by atoms with Crippen LogP contribution in [0.5, 0.6) is 0 Å². The van der Waals surface area contributed by atoms with Gasteiger partial charge in [0.15, 0.2) is 0 Å². The van der Waals surface area contributed by atoms with Crippen molar-refractivity contribution in [2.75, 3.05) is 0 Å². The summed E-state index contributed by atoms with van der Waals surface area (Å²) in [5, 5.41) is 8.67. The molecule has 0 radical (unpaired) electrons. The van der Waals surface area contributed by atoms with E-state index in [-0.39, 0.29) is 0 Å². The summed E-state index contributed by atoms with van der Waals surface area (Å²) in [6, 6.07) is 7.78. The van der Waals surface area contributed by atoms with Crippen LogP contribution in [0.2, 0.25) is 0 Å².